The van der Waals surface area contributed by atoms with Crippen molar-refractivity contribution in [2.45, 2.75) is 17.6 Å². The SMILES string of the molecule is CNc1ccc(Cl)c(CSc2ccc(C)cc2)n1. The van der Waals surface area contributed by atoms with Crippen LogP contribution in [0.4, 0.5) is 5.82 Å². The highest BCUT2D eigenvalue weighted by atomic mass is 35.5. The molecule has 4 heteroatoms. The molecule has 0 aliphatic heterocycles. The van der Waals surface area contributed by atoms with E-state index in [1.54, 1.807) is 11.8 Å². The summed E-state index contributed by atoms with van der Waals surface area (Å²) in [5.74, 6) is 1.62. The third kappa shape index (κ3) is 3.40. The van der Waals surface area contributed by atoms with Crippen LogP contribution in [0.25, 0.3) is 0 Å². The number of benzene rings is 1. The van der Waals surface area contributed by atoms with E-state index in [0.29, 0.717) is 5.02 Å². The summed E-state index contributed by atoms with van der Waals surface area (Å²) in [4.78, 5) is 5.69. The second kappa shape index (κ2) is 6.12. The summed E-state index contributed by atoms with van der Waals surface area (Å²) in [5.41, 5.74) is 2.18. The van der Waals surface area contributed by atoms with Crippen molar-refractivity contribution in [3.05, 3.63) is 52.7 Å². The number of anilines is 1. The van der Waals surface area contributed by atoms with Gasteiger partial charge in [0.15, 0.2) is 0 Å². The van der Waals surface area contributed by atoms with Gasteiger partial charge in [-0.1, -0.05) is 29.3 Å². The molecule has 0 saturated heterocycles. The molecule has 0 radical (unpaired) electrons. The van der Waals surface area contributed by atoms with Crippen molar-refractivity contribution in [1.82, 2.24) is 4.98 Å². The Morgan fingerprint density at radius 3 is 2.56 bits per heavy atom. The number of nitrogens with one attached hydrogen (secondary N) is 1. The molecule has 0 fully saturated rings. The molecule has 0 aliphatic carbocycles. The molecular weight excluding hydrogens is 264 g/mol. The summed E-state index contributed by atoms with van der Waals surface area (Å²) in [6.07, 6.45) is 0. The van der Waals surface area contributed by atoms with E-state index in [2.05, 4.69) is 41.5 Å². The van der Waals surface area contributed by atoms with Crippen molar-refractivity contribution in [2.75, 3.05) is 12.4 Å². The summed E-state index contributed by atoms with van der Waals surface area (Å²) < 4.78 is 0. The van der Waals surface area contributed by atoms with Gasteiger partial charge in [-0.05, 0) is 31.2 Å². The van der Waals surface area contributed by atoms with E-state index < -0.39 is 0 Å². The minimum Gasteiger partial charge on any atom is -0.373 e. The molecule has 1 heterocycles. The van der Waals surface area contributed by atoms with Crippen molar-refractivity contribution in [3.8, 4) is 0 Å². The quantitative estimate of drug-likeness (QED) is 0.840. The van der Waals surface area contributed by atoms with Gasteiger partial charge in [0.25, 0.3) is 0 Å². The number of rotatable bonds is 4. The number of halogens is 1. The third-order valence-corrected chi connectivity index (χ3v) is 3.94. The normalized spacial score (nSPS) is 10.4. The Hall–Kier alpha value is -1.19. The van der Waals surface area contributed by atoms with Crippen molar-refractivity contribution in [1.29, 1.82) is 0 Å². The lowest BCUT2D eigenvalue weighted by Gasteiger charge is -2.06. The molecule has 0 amide bonds. The fourth-order valence-electron chi connectivity index (χ4n) is 1.51. The molecule has 0 aliphatic rings. The van der Waals surface area contributed by atoms with Gasteiger partial charge in [-0.2, -0.15) is 0 Å². The first-order chi connectivity index (χ1) is 8.69. The molecular formula is C14H15ClN2S. The van der Waals surface area contributed by atoms with Gasteiger partial charge in [0.1, 0.15) is 5.82 Å². The van der Waals surface area contributed by atoms with Crippen LogP contribution in [-0.2, 0) is 5.75 Å². The van der Waals surface area contributed by atoms with E-state index in [1.165, 1.54) is 10.5 Å². The maximum atomic E-state index is 6.14. The van der Waals surface area contributed by atoms with Crippen LogP contribution in [0.2, 0.25) is 5.02 Å². The Labute approximate surface area is 117 Å². The van der Waals surface area contributed by atoms with Gasteiger partial charge in [-0.3, -0.25) is 0 Å². The largest absolute Gasteiger partial charge is 0.373 e. The van der Waals surface area contributed by atoms with Gasteiger partial charge < -0.3 is 5.32 Å². The van der Waals surface area contributed by atoms with E-state index in [4.69, 9.17) is 11.6 Å². The van der Waals surface area contributed by atoms with E-state index in [9.17, 15) is 0 Å². The Morgan fingerprint density at radius 2 is 1.89 bits per heavy atom. The Kier molecular flexibility index (Phi) is 4.50. The predicted octanol–water partition coefficient (Wildman–Crippen LogP) is 4.38. The predicted molar refractivity (Wildman–Crippen MR) is 79.5 cm³/mol. The number of aromatic nitrogens is 1. The summed E-state index contributed by atoms with van der Waals surface area (Å²) in [6, 6.07) is 12.2. The molecule has 18 heavy (non-hydrogen) atoms. The monoisotopic (exact) mass is 278 g/mol. The van der Waals surface area contributed by atoms with Crippen LogP contribution in [0.15, 0.2) is 41.3 Å². The molecule has 0 spiro atoms. The Bertz CT molecular complexity index is 526. The lowest BCUT2D eigenvalue weighted by atomic mass is 10.2. The van der Waals surface area contributed by atoms with Gasteiger partial charge in [-0.25, -0.2) is 4.98 Å². The molecule has 0 atom stereocenters. The summed E-state index contributed by atoms with van der Waals surface area (Å²) in [7, 11) is 1.85. The molecule has 1 N–H and O–H groups in total. The zero-order valence-electron chi connectivity index (χ0n) is 10.4. The van der Waals surface area contributed by atoms with Crippen LogP contribution in [-0.4, -0.2) is 12.0 Å². The molecule has 2 aromatic rings. The standard InChI is InChI=1S/C14H15ClN2S/c1-10-3-5-11(6-4-10)18-9-13-12(15)7-8-14(16-2)17-13/h3-8H,9H2,1-2H3,(H,16,17). The fraction of sp³-hybridized carbons (Fsp3) is 0.214. The molecule has 2 rings (SSSR count). The van der Waals surface area contributed by atoms with Gasteiger partial charge in [-0.15, -0.1) is 11.8 Å². The zero-order valence-corrected chi connectivity index (χ0v) is 12.0. The first kappa shape index (κ1) is 13.2. The molecule has 0 saturated carbocycles. The number of hydrogen-bond acceptors (Lipinski definition) is 3. The number of thioether (sulfide) groups is 1. The van der Waals surface area contributed by atoms with Gasteiger partial charge in [0, 0.05) is 17.7 Å². The number of pyridine rings is 1. The van der Waals surface area contributed by atoms with E-state index >= 15 is 0 Å². The Balaban J connectivity index is 2.07. The maximum absolute atomic E-state index is 6.14. The van der Waals surface area contributed by atoms with Crippen LogP contribution < -0.4 is 5.32 Å². The van der Waals surface area contributed by atoms with E-state index in [1.807, 2.05) is 19.2 Å². The van der Waals surface area contributed by atoms with Crippen molar-refractivity contribution < 1.29 is 0 Å². The third-order valence-electron chi connectivity index (χ3n) is 2.57. The topological polar surface area (TPSA) is 24.9 Å². The summed E-state index contributed by atoms with van der Waals surface area (Å²) >= 11 is 7.88. The van der Waals surface area contributed by atoms with Crippen LogP contribution in [0.1, 0.15) is 11.3 Å². The van der Waals surface area contributed by atoms with Crippen LogP contribution in [0, 0.1) is 6.92 Å². The summed E-state index contributed by atoms with van der Waals surface area (Å²) in [5, 5.41) is 3.74. The second-order valence-corrected chi connectivity index (χ2v) is 5.43. The highest BCUT2D eigenvalue weighted by Crippen LogP contribution is 2.26. The number of aryl methyl sites for hydroxylation is 1. The van der Waals surface area contributed by atoms with E-state index in [-0.39, 0.29) is 0 Å². The molecule has 1 aromatic carbocycles. The molecule has 0 bridgehead atoms. The summed E-state index contributed by atoms with van der Waals surface area (Å²) in [6.45, 7) is 2.09. The van der Waals surface area contributed by atoms with Gasteiger partial charge >= 0.3 is 0 Å². The van der Waals surface area contributed by atoms with Crippen LogP contribution in [0.3, 0.4) is 0 Å². The van der Waals surface area contributed by atoms with Crippen molar-refractivity contribution in [2.24, 2.45) is 0 Å². The van der Waals surface area contributed by atoms with E-state index in [0.717, 1.165) is 17.3 Å². The molecule has 2 nitrogen and oxygen atoms in total. The lowest BCUT2D eigenvalue weighted by Crippen LogP contribution is -1.96. The molecule has 94 valence electrons. The van der Waals surface area contributed by atoms with Crippen LogP contribution in [0.5, 0.6) is 0 Å². The van der Waals surface area contributed by atoms with Gasteiger partial charge in [0.05, 0.1) is 10.7 Å². The molecule has 1 aromatic heterocycles. The minimum absolute atomic E-state index is 0.716. The first-order valence-corrected chi connectivity index (χ1v) is 7.08. The van der Waals surface area contributed by atoms with Gasteiger partial charge in [0.2, 0.25) is 0 Å². The highest BCUT2D eigenvalue weighted by molar-refractivity contribution is 7.98. The lowest BCUT2D eigenvalue weighted by molar-refractivity contribution is 1.16. The average Bonchev–Trinajstić information content (AvgIpc) is 2.40. The average molecular weight is 279 g/mol. The first-order valence-electron chi connectivity index (χ1n) is 5.71. The fourth-order valence-corrected chi connectivity index (χ4v) is 2.61. The van der Waals surface area contributed by atoms with Crippen LogP contribution >= 0.6 is 23.4 Å². The van der Waals surface area contributed by atoms with Crippen molar-refractivity contribution in [3.63, 3.8) is 0 Å². The maximum Gasteiger partial charge on any atom is 0.126 e. The number of hydrogen-bond donors (Lipinski definition) is 1. The number of nitrogens with zero attached hydrogens (tertiary/aromatic N) is 1. The van der Waals surface area contributed by atoms with Crippen molar-refractivity contribution >= 4 is 29.2 Å². The highest BCUT2D eigenvalue weighted by Gasteiger charge is 2.04. The smallest absolute Gasteiger partial charge is 0.126 e. The Morgan fingerprint density at radius 1 is 1.17 bits per heavy atom. The molecule has 0 unspecified atom stereocenters. The minimum atomic E-state index is 0.716. The second-order valence-electron chi connectivity index (χ2n) is 3.98. The zero-order chi connectivity index (χ0) is 13.0.